The van der Waals surface area contributed by atoms with Crippen LogP contribution in [0.25, 0.3) is 0 Å². The fourth-order valence-electron chi connectivity index (χ4n) is 4.58. The molecule has 5 rings (SSSR count). The summed E-state index contributed by atoms with van der Waals surface area (Å²) >= 11 is 0. The van der Waals surface area contributed by atoms with Gasteiger partial charge in [-0.2, -0.15) is 0 Å². The standard InChI is InChI=1S/C22H23N5/c1-2-9-24-19(4-1)15-27-17-22(21-20(27)5-3-10-25-21)8-13-26(16-22)14-18-6-11-23-12-7-18/h1-7,9-12H,8,13-17H2. The molecule has 0 N–H and O–H groups in total. The van der Waals surface area contributed by atoms with Gasteiger partial charge in [-0.1, -0.05) is 6.07 Å². The van der Waals surface area contributed by atoms with E-state index >= 15 is 0 Å². The molecule has 2 aliphatic heterocycles. The number of fused-ring (bicyclic) bond motifs is 2. The zero-order valence-electron chi connectivity index (χ0n) is 15.3. The third kappa shape index (κ3) is 3.08. The van der Waals surface area contributed by atoms with E-state index in [2.05, 4.69) is 50.1 Å². The van der Waals surface area contributed by atoms with E-state index in [0.717, 1.165) is 44.8 Å². The SMILES string of the molecule is c1ccc(CN2CC3(CCN(Cc4ccncc4)C3)c3ncccc32)nc1. The van der Waals surface area contributed by atoms with Crippen LogP contribution in [0.2, 0.25) is 0 Å². The molecule has 1 fully saturated rings. The number of anilines is 1. The van der Waals surface area contributed by atoms with Gasteiger partial charge in [0.05, 0.1) is 23.6 Å². The molecular weight excluding hydrogens is 334 g/mol. The van der Waals surface area contributed by atoms with Gasteiger partial charge in [0, 0.05) is 49.8 Å². The summed E-state index contributed by atoms with van der Waals surface area (Å²) in [6.07, 6.45) is 8.72. The number of pyridine rings is 3. The van der Waals surface area contributed by atoms with Gasteiger partial charge in [-0.3, -0.25) is 19.9 Å². The van der Waals surface area contributed by atoms with Crippen molar-refractivity contribution in [1.29, 1.82) is 0 Å². The first-order valence-corrected chi connectivity index (χ1v) is 9.54. The minimum Gasteiger partial charge on any atom is -0.363 e. The van der Waals surface area contributed by atoms with Gasteiger partial charge in [0.2, 0.25) is 0 Å². The first-order chi connectivity index (χ1) is 13.3. The predicted molar refractivity (Wildman–Crippen MR) is 105 cm³/mol. The Morgan fingerprint density at radius 1 is 0.852 bits per heavy atom. The topological polar surface area (TPSA) is 45.2 Å². The Morgan fingerprint density at radius 2 is 1.74 bits per heavy atom. The van der Waals surface area contributed by atoms with E-state index in [0.29, 0.717) is 0 Å². The monoisotopic (exact) mass is 357 g/mol. The van der Waals surface area contributed by atoms with Crippen LogP contribution in [0.15, 0.2) is 67.3 Å². The second kappa shape index (κ2) is 6.74. The molecule has 0 radical (unpaired) electrons. The number of nitrogens with zero attached hydrogens (tertiary/aromatic N) is 5. The van der Waals surface area contributed by atoms with Crippen molar-refractivity contribution in [2.75, 3.05) is 24.5 Å². The van der Waals surface area contributed by atoms with Crippen LogP contribution in [0, 0.1) is 0 Å². The smallest absolute Gasteiger partial charge is 0.0729 e. The molecule has 3 aromatic rings. The molecule has 1 saturated heterocycles. The molecule has 5 nitrogen and oxygen atoms in total. The quantitative estimate of drug-likeness (QED) is 0.718. The van der Waals surface area contributed by atoms with Crippen LogP contribution in [-0.4, -0.2) is 39.5 Å². The van der Waals surface area contributed by atoms with Crippen LogP contribution in [0.4, 0.5) is 5.69 Å². The molecular formula is C22H23N5. The van der Waals surface area contributed by atoms with Gasteiger partial charge in [-0.15, -0.1) is 0 Å². The molecule has 0 saturated carbocycles. The normalized spacial score (nSPS) is 21.7. The van der Waals surface area contributed by atoms with E-state index in [-0.39, 0.29) is 5.41 Å². The molecule has 0 bridgehead atoms. The van der Waals surface area contributed by atoms with Crippen LogP contribution in [0.1, 0.15) is 23.4 Å². The molecule has 5 heteroatoms. The summed E-state index contributed by atoms with van der Waals surface area (Å²) in [5, 5.41) is 0. The average Bonchev–Trinajstić information content (AvgIpc) is 3.25. The average molecular weight is 357 g/mol. The molecule has 5 heterocycles. The first kappa shape index (κ1) is 16.4. The largest absolute Gasteiger partial charge is 0.363 e. The molecule has 136 valence electrons. The molecule has 0 amide bonds. The van der Waals surface area contributed by atoms with Gasteiger partial charge < -0.3 is 4.90 Å². The number of rotatable bonds is 4. The van der Waals surface area contributed by atoms with Crippen molar-refractivity contribution in [3.63, 3.8) is 0 Å². The third-order valence-electron chi connectivity index (χ3n) is 5.79. The van der Waals surface area contributed by atoms with Gasteiger partial charge in [-0.05, 0) is 54.9 Å². The summed E-state index contributed by atoms with van der Waals surface area (Å²) in [6.45, 7) is 4.99. The zero-order chi connectivity index (χ0) is 18.1. The molecule has 27 heavy (non-hydrogen) atoms. The number of aromatic nitrogens is 3. The van der Waals surface area contributed by atoms with Crippen molar-refractivity contribution in [1.82, 2.24) is 19.9 Å². The van der Waals surface area contributed by atoms with E-state index in [1.54, 1.807) is 0 Å². The lowest BCUT2D eigenvalue weighted by molar-refractivity contribution is 0.305. The highest BCUT2D eigenvalue weighted by molar-refractivity contribution is 5.60. The van der Waals surface area contributed by atoms with Crippen LogP contribution in [-0.2, 0) is 18.5 Å². The number of hydrogen-bond acceptors (Lipinski definition) is 5. The molecule has 1 unspecified atom stereocenters. The van der Waals surface area contributed by atoms with Crippen molar-refractivity contribution >= 4 is 5.69 Å². The summed E-state index contributed by atoms with van der Waals surface area (Å²) in [5.74, 6) is 0. The van der Waals surface area contributed by atoms with Gasteiger partial charge >= 0.3 is 0 Å². The van der Waals surface area contributed by atoms with Crippen molar-refractivity contribution in [3.8, 4) is 0 Å². The van der Waals surface area contributed by atoms with E-state index in [1.807, 2.05) is 36.9 Å². The summed E-state index contributed by atoms with van der Waals surface area (Å²) in [4.78, 5) is 18.5. The van der Waals surface area contributed by atoms with E-state index in [1.165, 1.54) is 16.9 Å². The minimum atomic E-state index is 0.123. The molecule has 2 aliphatic rings. The highest BCUT2D eigenvalue weighted by Gasteiger charge is 2.48. The maximum Gasteiger partial charge on any atom is 0.0729 e. The Morgan fingerprint density at radius 3 is 2.59 bits per heavy atom. The van der Waals surface area contributed by atoms with Gasteiger partial charge in [0.15, 0.2) is 0 Å². The first-order valence-electron chi connectivity index (χ1n) is 9.54. The van der Waals surface area contributed by atoms with Crippen LogP contribution < -0.4 is 4.90 Å². The predicted octanol–water partition coefficient (Wildman–Crippen LogP) is 3.04. The molecule has 0 aromatic carbocycles. The Bertz CT molecular complexity index is 914. The zero-order valence-corrected chi connectivity index (χ0v) is 15.3. The fourth-order valence-corrected chi connectivity index (χ4v) is 4.58. The second-order valence-electron chi connectivity index (χ2n) is 7.64. The van der Waals surface area contributed by atoms with Crippen LogP contribution in [0.3, 0.4) is 0 Å². The lowest BCUT2D eigenvalue weighted by Gasteiger charge is -2.26. The Kier molecular flexibility index (Phi) is 4.09. The Hall–Kier alpha value is -2.79. The maximum atomic E-state index is 4.83. The fraction of sp³-hybridized carbons (Fsp3) is 0.318. The Balaban J connectivity index is 1.39. The summed E-state index contributed by atoms with van der Waals surface area (Å²) in [6, 6.07) is 14.6. The van der Waals surface area contributed by atoms with Crippen molar-refractivity contribution in [2.45, 2.75) is 24.9 Å². The van der Waals surface area contributed by atoms with E-state index in [9.17, 15) is 0 Å². The summed E-state index contributed by atoms with van der Waals surface area (Å²) in [7, 11) is 0. The second-order valence-corrected chi connectivity index (χ2v) is 7.64. The van der Waals surface area contributed by atoms with Crippen molar-refractivity contribution < 1.29 is 0 Å². The Labute approximate surface area is 159 Å². The molecule has 3 aromatic heterocycles. The highest BCUT2D eigenvalue weighted by atomic mass is 15.2. The lowest BCUT2D eigenvalue weighted by atomic mass is 9.85. The third-order valence-corrected chi connectivity index (χ3v) is 5.79. The molecule has 1 spiro atoms. The lowest BCUT2D eigenvalue weighted by Crippen LogP contribution is -2.36. The van der Waals surface area contributed by atoms with Crippen molar-refractivity contribution in [3.05, 3.63) is 84.2 Å². The van der Waals surface area contributed by atoms with Crippen molar-refractivity contribution in [2.24, 2.45) is 0 Å². The van der Waals surface area contributed by atoms with Gasteiger partial charge in [0.25, 0.3) is 0 Å². The van der Waals surface area contributed by atoms with E-state index < -0.39 is 0 Å². The van der Waals surface area contributed by atoms with Gasteiger partial charge in [-0.25, -0.2) is 0 Å². The summed E-state index contributed by atoms with van der Waals surface area (Å²) in [5.41, 5.74) is 5.09. The molecule has 1 atom stereocenters. The molecule has 0 aliphatic carbocycles. The summed E-state index contributed by atoms with van der Waals surface area (Å²) < 4.78 is 0. The van der Waals surface area contributed by atoms with Gasteiger partial charge in [0.1, 0.15) is 0 Å². The number of likely N-dealkylation sites (tertiary alicyclic amines) is 1. The minimum absolute atomic E-state index is 0.123. The number of hydrogen-bond donors (Lipinski definition) is 0. The maximum absolute atomic E-state index is 4.83. The highest BCUT2D eigenvalue weighted by Crippen LogP contribution is 2.45. The van der Waals surface area contributed by atoms with E-state index in [4.69, 9.17) is 4.98 Å². The van der Waals surface area contributed by atoms with Crippen LogP contribution in [0.5, 0.6) is 0 Å². The van der Waals surface area contributed by atoms with Crippen LogP contribution >= 0.6 is 0 Å².